The average molecular weight is 374 g/mol. The summed E-state index contributed by atoms with van der Waals surface area (Å²) in [7, 11) is 0. The van der Waals surface area contributed by atoms with Gasteiger partial charge in [0.05, 0.1) is 0 Å². The summed E-state index contributed by atoms with van der Waals surface area (Å²) in [6, 6.07) is 21.2. The van der Waals surface area contributed by atoms with Crippen LogP contribution in [0.15, 0.2) is 67.0 Å². The zero-order valence-electron chi connectivity index (χ0n) is 16.6. The summed E-state index contributed by atoms with van der Waals surface area (Å²) in [5.41, 5.74) is 3.77. The van der Waals surface area contributed by atoms with E-state index in [-0.39, 0.29) is 0 Å². The first kappa shape index (κ1) is 18.3. The SMILES string of the molecule is CCN(c1ccccc1)c1cc(N2CCN(c3cccc(C)c3)CC2)ncn1. The number of piperazine rings is 1. The number of para-hydroxylation sites is 1. The fourth-order valence-electron chi connectivity index (χ4n) is 3.76. The van der Waals surface area contributed by atoms with Gasteiger partial charge < -0.3 is 14.7 Å². The molecule has 144 valence electrons. The smallest absolute Gasteiger partial charge is 0.138 e. The molecule has 2 aromatic carbocycles. The van der Waals surface area contributed by atoms with Gasteiger partial charge in [-0.2, -0.15) is 0 Å². The molecule has 1 aliphatic heterocycles. The van der Waals surface area contributed by atoms with Crippen LogP contribution in [-0.4, -0.2) is 42.7 Å². The van der Waals surface area contributed by atoms with E-state index in [1.165, 1.54) is 11.3 Å². The molecule has 5 heteroatoms. The minimum absolute atomic E-state index is 0.863. The Labute approximate surface area is 167 Å². The molecule has 1 fully saturated rings. The lowest BCUT2D eigenvalue weighted by Crippen LogP contribution is -2.46. The molecule has 0 spiro atoms. The van der Waals surface area contributed by atoms with Crippen LogP contribution < -0.4 is 14.7 Å². The molecule has 0 radical (unpaired) electrons. The van der Waals surface area contributed by atoms with Crippen molar-refractivity contribution < 1.29 is 0 Å². The molecule has 28 heavy (non-hydrogen) atoms. The van der Waals surface area contributed by atoms with Gasteiger partial charge in [-0.05, 0) is 43.7 Å². The van der Waals surface area contributed by atoms with Gasteiger partial charge in [-0.25, -0.2) is 9.97 Å². The summed E-state index contributed by atoms with van der Waals surface area (Å²) in [6.07, 6.45) is 1.68. The first-order valence-corrected chi connectivity index (χ1v) is 9.96. The van der Waals surface area contributed by atoms with E-state index >= 15 is 0 Å². The van der Waals surface area contributed by atoms with Gasteiger partial charge in [0.1, 0.15) is 18.0 Å². The van der Waals surface area contributed by atoms with Gasteiger partial charge in [0.15, 0.2) is 0 Å². The van der Waals surface area contributed by atoms with Crippen LogP contribution in [0.2, 0.25) is 0 Å². The Morgan fingerprint density at radius 3 is 2.32 bits per heavy atom. The zero-order valence-corrected chi connectivity index (χ0v) is 16.6. The number of hydrogen-bond donors (Lipinski definition) is 0. The van der Waals surface area contributed by atoms with Crippen molar-refractivity contribution in [3.05, 3.63) is 72.6 Å². The predicted octanol–water partition coefficient (Wildman–Crippen LogP) is 4.27. The van der Waals surface area contributed by atoms with E-state index < -0.39 is 0 Å². The molecule has 0 unspecified atom stereocenters. The van der Waals surface area contributed by atoms with E-state index in [1.807, 2.05) is 6.07 Å². The monoisotopic (exact) mass is 373 g/mol. The van der Waals surface area contributed by atoms with Gasteiger partial charge in [-0.15, -0.1) is 0 Å². The summed E-state index contributed by atoms with van der Waals surface area (Å²) in [5.74, 6) is 1.95. The molecule has 2 heterocycles. The quantitative estimate of drug-likeness (QED) is 0.667. The fourth-order valence-corrected chi connectivity index (χ4v) is 3.76. The lowest BCUT2D eigenvalue weighted by molar-refractivity contribution is 0.646. The highest BCUT2D eigenvalue weighted by Crippen LogP contribution is 2.26. The average Bonchev–Trinajstić information content (AvgIpc) is 2.75. The first-order chi connectivity index (χ1) is 13.7. The highest BCUT2D eigenvalue weighted by molar-refractivity contribution is 5.62. The van der Waals surface area contributed by atoms with Crippen LogP contribution in [0.25, 0.3) is 0 Å². The van der Waals surface area contributed by atoms with Crippen LogP contribution in [0.1, 0.15) is 12.5 Å². The molecular weight excluding hydrogens is 346 g/mol. The van der Waals surface area contributed by atoms with Gasteiger partial charge >= 0.3 is 0 Å². The minimum atomic E-state index is 0.863. The molecule has 0 amide bonds. The maximum Gasteiger partial charge on any atom is 0.138 e. The van der Waals surface area contributed by atoms with Gasteiger partial charge in [0.2, 0.25) is 0 Å². The standard InChI is InChI=1S/C23H27N5/c1-3-28(20-9-5-4-6-10-20)23-17-22(24-18-25-23)27-14-12-26(13-15-27)21-11-7-8-19(2)16-21/h4-11,16-18H,3,12-15H2,1-2H3. The summed E-state index contributed by atoms with van der Waals surface area (Å²) in [4.78, 5) is 16.1. The van der Waals surface area contributed by atoms with Crippen molar-refractivity contribution in [2.24, 2.45) is 0 Å². The number of nitrogens with zero attached hydrogens (tertiary/aromatic N) is 5. The largest absolute Gasteiger partial charge is 0.368 e. The molecule has 0 N–H and O–H groups in total. The Balaban J connectivity index is 1.48. The van der Waals surface area contributed by atoms with E-state index in [4.69, 9.17) is 0 Å². The van der Waals surface area contributed by atoms with E-state index in [1.54, 1.807) is 6.33 Å². The Morgan fingerprint density at radius 2 is 1.61 bits per heavy atom. The lowest BCUT2D eigenvalue weighted by atomic mass is 10.2. The second kappa shape index (κ2) is 8.30. The van der Waals surface area contributed by atoms with Gasteiger partial charge in [-0.3, -0.25) is 0 Å². The number of hydrogen-bond acceptors (Lipinski definition) is 5. The molecule has 5 nitrogen and oxygen atoms in total. The minimum Gasteiger partial charge on any atom is -0.368 e. The van der Waals surface area contributed by atoms with Gasteiger partial charge in [0, 0.05) is 50.2 Å². The van der Waals surface area contributed by atoms with Crippen molar-refractivity contribution in [2.45, 2.75) is 13.8 Å². The Bertz CT molecular complexity index is 904. The normalized spacial score (nSPS) is 14.2. The van der Waals surface area contributed by atoms with E-state index in [0.717, 1.165) is 50.0 Å². The third kappa shape index (κ3) is 3.93. The highest BCUT2D eigenvalue weighted by Gasteiger charge is 2.19. The predicted molar refractivity (Wildman–Crippen MR) is 117 cm³/mol. The van der Waals surface area contributed by atoms with Crippen molar-refractivity contribution in [3.8, 4) is 0 Å². The number of aryl methyl sites for hydroxylation is 1. The first-order valence-electron chi connectivity index (χ1n) is 9.96. The molecule has 0 atom stereocenters. The van der Waals surface area contributed by atoms with Gasteiger partial charge in [-0.1, -0.05) is 30.3 Å². The van der Waals surface area contributed by atoms with Crippen LogP contribution in [0.3, 0.4) is 0 Å². The number of anilines is 4. The van der Waals surface area contributed by atoms with Crippen molar-refractivity contribution in [1.29, 1.82) is 0 Å². The third-order valence-electron chi connectivity index (χ3n) is 5.27. The highest BCUT2D eigenvalue weighted by atomic mass is 15.3. The number of aromatic nitrogens is 2. The molecule has 0 bridgehead atoms. The van der Waals surface area contributed by atoms with Crippen LogP contribution >= 0.6 is 0 Å². The Hall–Kier alpha value is -3.08. The number of benzene rings is 2. The van der Waals surface area contributed by atoms with Crippen molar-refractivity contribution >= 4 is 23.0 Å². The van der Waals surface area contributed by atoms with Crippen LogP contribution in [0.4, 0.5) is 23.0 Å². The molecule has 1 aromatic heterocycles. The topological polar surface area (TPSA) is 35.5 Å². The lowest BCUT2D eigenvalue weighted by Gasteiger charge is -2.37. The second-order valence-corrected chi connectivity index (χ2v) is 7.13. The van der Waals surface area contributed by atoms with Crippen LogP contribution in [-0.2, 0) is 0 Å². The molecule has 1 saturated heterocycles. The van der Waals surface area contributed by atoms with Crippen LogP contribution in [0.5, 0.6) is 0 Å². The Morgan fingerprint density at radius 1 is 0.857 bits per heavy atom. The summed E-state index contributed by atoms with van der Waals surface area (Å²) < 4.78 is 0. The van der Waals surface area contributed by atoms with Crippen molar-refractivity contribution in [1.82, 2.24) is 9.97 Å². The summed E-state index contributed by atoms with van der Waals surface area (Å²) >= 11 is 0. The summed E-state index contributed by atoms with van der Waals surface area (Å²) in [6.45, 7) is 9.08. The third-order valence-corrected chi connectivity index (χ3v) is 5.27. The Kier molecular flexibility index (Phi) is 5.42. The summed E-state index contributed by atoms with van der Waals surface area (Å²) in [5, 5.41) is 0. The molecule has 4 rings (SSSR count). The van der Waals surface area contributed by atoms with E-state index in [9.17, 15) is 0 Å². The second-order valence-electron chi connectivity index (χ2n) is 7.13. The fraction of sp³-hybridized carbons (Fsp3) is 0.304. The number of rotatable bonds is 5. The molecule has 0 aliphatic carbocycles. The molecule has 3 aromatic rings. The maximum atomic E-state index is 4.55. The zero-order chi connectivity index (χ0) is 19.3. The molecule has 1 aliphatic rings. The van der Waals surface area contributed by atoms with Crippen molar-refractivity contribution in [3.63, 3.8) is 0 Å². The van der Waals surface area contributed by atoms with E-state index in [2.05, 4.69) is 93.1 Å². The molecule has 0 saturated carbocycles. The van der Waals surface area contributed by atoms with Crippen molar-refractivity contribution in [2.75, 3.05) is 47.4 Å². The van der Waals surface area contributed by atoms with Crippen LogP contribution in [0, 0.1) is 6.92 Å². The maximum absolute atomic E-state index is 4.55. The van der Waals surface area contributed by atoms with E-state index in [0.29, 0.717) is 0 Å². The molecular formula is C23H27N5. The van der Waals surface area contributed by atoms with Gasteiger partial charge in [0.25, 0.3) is 0 Å².